The summed E-state index contributed by atoms with van der Waals surface area (Å²) in [6.45, 7) is 0.0167. The summed E-state index contributed by atoms with van der Waals surface area (Å²) >= 11 is 0. The molecule has 2 atom stereocenters. The molecular formula is C18H15FN2O4S. The molecule has 0 aromatic heterocycles. The van der Waals surface area contributed by atoms with Crippen LogP contribution in [0.4, 0.5) is 4.39 Å². The Morgan fingerprint density at radius 1 is 1.27 bits per heavy atom. The van der Waals surface area contributed by atoms with Gasteiger partial charge in [0.1, 0.15) is 11.9 Å². The first kappa shape index (κ1) is 18.0. The van der Waals surface area contributed by atoms with Gasteiger partial charge in [-0.1, -0.05) is 30.3 Å². The molecule has 3 rings (SSSR count). The summed E-state index contributed by atoms with van der Waals surface area (Å²) in [4.78, 5) is 11.6. The van der Waals surface area contributed by atoms with Crippen LogP contribution in [0.2, 0.25) is 0 Å². The van der Waals surface area contributed by atoms with Crippen LogP contribution >= 0.6 is 0 Å². The Kier molecular flexibility index (Phi) is 4.76. The van der Waals surface area contributed by atoms with E-state index in [-0.39, 0.29) is 17.7 Å². The van der Waals surface area contributed by atoms with Crippen LogP contribution in [0.25, 0.3) is 0 Å². The molecule has 0 bridgehead atoms. The fourth-order valence-corrected chi connectivity index (χ4v) is 4.83. The molecule has 0 saturated carbocycles. The van der Waals surface area contributed by atoms with E-state index in [9.17, 15) is 22.7 Å². The van der Waals surface area contributed by atoms with Crippen molar-refractivity contribution >= 4 is 16.0 Å². The number of rotatable bonds is 5. The quantitative estimate of drug-likeness (QED) is 0.864. The number of aliphatic carboxylic acids is 1. The minimum absolute atomic E-state index is 0.0167. The third-order valence-corrected chi connectivity index (χ3v) is 6.19. The lowest BCUT2D eigenvalue weighted by Gasteiger charge is -2.44. The van der Waals surface area contributed by atoms with Crippen LogP contribution in [-0.4, -0.2) is 36.4 Å². The van der Waals surface area contributed by atoms with Gasteiger partial charge in [0.05, 0.1) is 17.4 Å². The second-order valence-electron chi connectivity index (χ2n) is 6.04. The van der Waals surface area contributed by atoms with Crippen LogP contribution in [0.1, 0.15) is 22.6 Å². The molecule has 1 aliphatic rings. The molecule has 6 nitrogen and oxygen atoms in total. The minimum atomic E-state index is -4.06. The molecule has 8 heteroatoms. The highest BCUT2D eigenvalue weighted by molar-refractivity contribution is 7.88. The maximum atomic E-state index is 13.9. The van der Waals surface area contributed by atoms with Gasteiger partial charge in [-0.2, -0.15) is 9.57 Å². The minimum Gasteiger partial charge on any atom is -0.480 e. The van der Waals surface area contributed by atoms with Gasteiger partial charge in [0.2, 0.25) is 10.0 Å². The lowest BCUT2D eigenvalue weighted by Crippen LogP contribution is -2.60. The number of nitrogens with zero attached hydrogens (tertiary/aromatic N) is 2. The lowest BCUT2D eigenvalue weighted by atomic mass is 9.85. The fourth-order valence-electron chi connectivity index (χ4n) is 3.07. The van der Waals surface area contributed by atoms with Gasteiger partial charge in [-0.25, -0.2) is 12.8 Å². The first-order valence-electron chi connectivity index (χ1n) is 7.79. The van der Waals surface area contributed by atoms with Crippen LogP contribution in [0.5, 0.6) is 0 Å². The Morgan fingerprint density at radius 3 is 2.58 bits per heavy atom. The van der Waals surface area contributed by atoms with E-state index in [0.717, 1.165) is 22.0 Å². The normalized spacial score (nSPS) is 20.2. The van der Waals surface area contributed by atoms with Gasteiger partial charge in [-0.05, 0) is 23.8 Å². The Hall–Kier alpha value is -2.76. The summed E-state index contributed by atoms with van der Waals surface area (Å²) in [7, 11) is -4.06. The number of sulfonamides is 1. The van der Waals surface area contributed by atoms with Crippen LogP contribution < -0.4 is 0 Å². The van der Waals surface area contributed by atoms with E-state index in [0.29, 0.717) is 0 Å². The average molecular weight is 374 g/mol. The zero-order valence-corrected chi connectivity index (χ0v) is 14.4. The zero-order chi connectivity index (χ0) is 18.9. The molecule has 2 aromatic rings. The van der Waals surface area contributed by atoms with Crippen molar-refractivity contribution in [3.63, 3.8) is 0 Å². The van der Waals surface area contributed by atoms with Gasteiger partial charge in [0.15, 0.2) is 0 Å². The molecule has 26 heavy (non-hydrogen) atoms. The van der Waals surface area contributed by atoms with Gasteiger partial charge < -0.3 is 5.11 Å². The number of halogens is 1. The Labute approximate surface area is 150 Å². The predicted octanol–water partition coefficient (Wildman–Crippen LogP) is 2.08. The highest BCUT2D eigenvalue weighted by Crippen LogP contribution is 2.37. The summed E-state index contributed by atoms with van der Waals surface area (Å²) in [5.41, 5.74) is 0.720. The maximum Gasteiger partial charge on any atom is 0.322 e. The third-order valence-electron chi connectivity index (χ3n) is 4.42. The number of carbonyl (C=O) groups is 1. The first-order chi connectivity index (χ1) is 12.3. The van der Waals surface area contributed by atoms with E-state index in [4.69, 9.17) is 5.26 Å². The summed E-state index contributed by atoms with van der Waals surface area (Å²) < 4.78 is 40.1. The third kappa shape index (κ3) is 3.31. The van der Waals surface area contributed by atoms with Crippen LogP contribution in [0.15, 0.2) is 48.5 Å². The molecule has 1 saturated heterocycles. The Morgan fingerprint density at radius 2 is 1.96 bits per heavy atom. The van der Waals surface area contributed by atoms with Gasteiger partial charge in [0.25, 0.3) is 0 Å². The van der Waals surface area contributed by atoms with Crippen molar-refractivity contribution in [2.45, 2.75) is 17.7 Å². The number of hydrogen-bond acceptors (Lipinski definition) is 4. The van der Waals surface area contributed by atoms with Crippen molar-refractivity contribution in [1.29, 1.82) is 5.26 Å². The Bertz CT molecular complexity index is 986. The average Bonchev–Trinajstić information content (AvgIpc) is 2.56. The SMILES string of the molecule is N#Cc1ccc(F)c(CS(=O)(=O)N2C[C@H](c3ccccc3)[C@H]2C(=O)O)c1. The largest absolute Gasteiger partial charge is 0.480 e. The van der Waals surface area contributed by atoms with Gasteiger partial charge in [-0.15, -0.1) is 0 Å². The summed E-state index contributed by atoms with van der Waals surface area (Å²) in [6, 6.07) is 12.8. The first-order valence-corrected chi connectivity index (χ1v) is 9.40. The van der Waals surface area contributed by atoms with E-state index in [1.165, 1.54) is 6.07 Å². The molecule has 0 aliphatic carbocycles. The van der Waals surface area contributed by atoms with Crippen LogP contribution in [-0.2, 0) is 20.6 Å². The van der Waals surface area contributed by atoms with Crippen LogP contribution in [0.3, 0.4) is 0 Å². The number of nitriles is 1. The smallest absolute Gasteiger partial charge is 0.322 e. The maximum absolute atomic E-state index is 13.9. The van der Waals surface area contributed by atoms with Crippen molar-refractivity contribution in [2.24, 2.45) is 0 Å². The van der Waals surface area contributed by atoms with Gasteiger partial charge in [-0.3, -0.25) is 4.79 Å². The van der Waals surface area contributed by atoms with Gasteiger partial charge in [0, 0.05) is 18.0 Å². The predicted molar refractivity (Wildman–Crippen MR) is 91.1 cm³/mol. The summed E-state index contributed by atoms with van der Waals surface area (Å²) in [6.07, 6.45) is 0. The van der Waals surface area contributed by atoms with E-state index in [2.05, 4.69) is 0 Å². The molecule has 2 aromatic carbocycles. The second kappa shape index (κ2) is 6.86. The highest BCUT2D eigenvalue weighted by atomic mass is 32.2. The Balaban J connectivity index is 1.86. The monoisotopic (exact) mass is 374 g/mol. The molecule has 1 fully saturated rings. The standard InChI is InChI=1S/C18H15FN2O4S/c19-16-7-6-12(9-20)8-14(16)11-26(24,25)21-10-15(17(21)18(22)23)13-4-2-1-3-5-13/h1-8,15,17H,10-11H2,(H,22,23)/t15-,17+/m1/s1. The zero-order valence-electron chi connectivity index (χ0n) is 13.5. The van der Waals surface area contributed by atoms with Crippen molar-refractivity contribution in [1.82, 2.24) is 4.31 Å². The van der Waals surface area contributed by atoms with Gasteiger partial charge >= 0.3 is 5.97 Å². The van der Waals surface area contributed by atoms with Crippen molar-refractivity contribution < 1.29 is 22.7 Å². The lowest BCUT2D eigenvalue weighted by molar-refractivity contribution is -0.146. The number of carboxylic acid groups (broad SMARTS) is 1. The van der Waals surface area contributed by atoms with Crippen molar-refractivity contribution in [2.75, 3.05) is 6.54 Å². The van der Waals surface area contributed by atoms with E-state index in [1.54, 1.807) is 30.3 Å². The summed E-state index contributed by atoms with van der Waals surface area (Å²) in [5.74, 6) is -3.15. The topological polar surface area (TPSA) is 98.5 Å². The van der Waals surface area contributed by atoms with E-state index < -0.39 is 39.5 Å². The molecule has 1 aliphatic heterocycles. The highest BCUT2D eigenvalue weighted by Gasteiger charge is 2.50. The second-order valence-corrected chi connectivity index (χ2v) is 7.97. The molecule has 134 valence electrons. The number of carboxylic acids is 1. The molecule has 1 heterocycles. The van der Waals surface area contributed by atoms with Crippen molar-refractivity contribution in [3.8, 4) is 6.07 Å². The van der Waals surface area contributed by atoms with E-state index in [1.807, 2.05) is 6.07 Å². The van der Waals surface area contributed by atoms with E-state index >= 15 is 0 Å². The molecule has 0 unspecified atom stereocenters. The molecule has 1 N–H and O–H groups in total. The molecular weight excluding hydrogens is 359 g/mol. The van der Waals surface area contributed by atoms with Crippen LogP contribution in [0, 0.1) is 17.1 Å². The molecule has 0 amide bonds. The molecule has 0 spiro atoms. The van der Waals surface area contributed by atoms with Crippen molar-refractivity contribution in [3.05, 3.63) is 71.0 Å². The number of benzene rings is 2. The molecule has 0 radical (unpaired) electrons. The fraction of sp³-hybridized carbons (Fsp3) is 0.222. The number of hydrogen-bond donors (Lipinski definition) is 1. The summed E-state index contributed by atoms with van der Waals surface area (Å²) in [5, 5.41) is 18.4.